The topological polar surface area (TPSA) is 237 Å². The van der Waals surface area contributed by atoms with Crippen molar-refractivity contribution in [1.82, 2.24) is 0 Å². The SMILES string of the molecule is CCCCCCCCCCCCCCCCC(=O)O[C@H](COC(=O)CCCCCCCCCCCC(C)C)COP(=O)(O)OC[C@@H](O)COP(=O)(O)OC[C@@H](COC(=O)CCCCCCC)OC(=O)CCCCCCC. The van der Waals surface area contributed by atoms with Crippen LogP contribution in [0.3, 0.4) is 0 Å². The van der Waals surface area contributed by atoms with E-state index < -0.39 is 97.5 Å². The van der Waals surface area contributed by atoms with Gasteiger partial charge in [-0.15, -0.1) is 0 Å². The Balaban J connectivity index is 5.13. The number of aliphatic hydroxyl groups is 1. The molecule has 0 bridgehead atoms. The quantitative estimate of drug-likeness (QED) is 0.0222. The van der Waals surface area contributed by atoms with E-state index in [9.17, 15) is 43.2 Å². The second-order valence-electron chi connectivity index (χ2n) is 21.2. The maximum atomic E-state index is 12.9. The fourth-order valence-corrected chi connectivity index (χ4v) is 9.92. The number of hydrogen-bond donors (Lipinski definition) is 3. The molecule has 0 saturated heterocycles. The van der Waals surface area contributed by atoms with Crippen molar-refractivity contribution in [2.24, 2.45) is 5.92 Å². The fraction of sp³-hybridized carbons (Fsp3) is 0.930. The molecule has 19 heteroatoms. The van der Waals surface area contributed by atoms with E-state index in [0.717, 1.165) is 102 Å². The molecule has 0 radical (unpaired) electrons. The highest BCUT2D eigenvalue weighted by atomic mass is 31.2. The number of carbonyl (C=O) groups excluding carboxylic acids is 4. The molecule has 0 fully saturated rings. The summed E-state index contributed by atoms with van der Waals surface area (Å²) in [7, 11) is -9.85. The van der Waals surface area contributed by atoms with Gasteiger partial charge in [0.05, 0.1) is 26.4 Å². The molecule has 2 unspecified atom stereocenters. The van der Waals surface area contributed by atoms with E-state index in [1.807, 2.05) is 0 Å². The molecule has 450 valence electrons. The van der Waals surface area contributed by atoms with Crippen LogP contribution >= 0.6 is 15.6 Å². The average molecular weight is 1130 g/mol. The van der Waals surface area contributed by atoms with Crippen molar-refractivity contribution in [1.29, 1.82) is 0 Å². The van der Waals surface area contributed by atoms with Crippen LogP contribution in [0.2, 0.25) is 0 Å². The molecule has 0 saturated carbocycles. The van der Waals surface area contributed by atoms with Crippen molar-refractivity contribution < 1.29 is 80.2 Å². The lowest BCUT2D eigenvalue weighted by Crippen LogP contribution is -2.30. The van der Waals surface area contributed by atoms with E-state index in [-0.39, 0.29) is 25.7 Å². The van der Waals surface area contributed by atoms with Gasteiger partial charge in [0.15, 0.2) is 12.2 Å². The largest absolute Gasteiger partial charge is 0.472 e. The lowest BCUT2D eigenvalue weighted by molar-refractivity contribution is -0.161. The highest BCUT2D eigenvalue weighted by Crippen LogP contribution is 2.45. The molecular weight excluding hydrogens is 1020 g/mol. The van der Waals surface area contributed by atoms with Gasteiger partial charge in [0.1, 0.15) is 19.3 Å². The van der Waals surface area contributed by atoms with E-state index in [0.29, 0.717) is 25.7 Å². The summed E-state index contributed by atoms with van der Waals surface area (Å²) in [5.74, 6) is -1.42. The lowest BCUT2D eigenvalue weighted by atomic mass is 10.0. The summed E-state index contributed by atoms with van der Waals surface area (Å²) < 4.78 is 67.3. The van der Waals surface area contributed by atoms with Gasteiger partial charge in [0.2, 0.25) is 0 Å². The summed E-state index contributed by atoms with van der Waals surface area (Å²) in [6.07, 6.45) is 32.8. The van der Waals surface area contributed by atoms with Crippen LogP contribution < -0.4 is 0 Å². The first-order valence-electron chi connectivity index (χ1n) is 30.1. The fourth-order valence-electron chi connectivity index (χ4n) is 8.34. The van der Waals surface area contributed by atoms with Gasteiger partial charge in [-0.2, -0.15) is 0 Å². The van der Waals surface area contributed by atoms with E-state index in [1.54, 1.807) is 0 Å². The first-order chi connectivity index (χ1) is 36.5. The van der Waals surface area contributed by atoms with Crippen LogP contribution in [0.1, 0.15) is 279 Å². The zero-order valence-electron chi connectivity index (χ0n) is 48.4. The van der Waals surface area contributed by atoms with Crippen molar-refractivity contribution >= 4 is 39.5 Å². The number of phosphoric ester groups is 2. The van der Waals surface area contributed by atoms with Crippen LogP contribution in [0.15, 0.2) is 0 Å². The van der Waals surface area contributed by atoms with Crippen molar-refractivity contribution in [3.8, 4) is 0 Å². The third-order valence-corrected chi connectivity index (χ3v) is 14.9. The molecule has 3 N–H and O–H groups in total. The van der Waals surface area contributed by atoms with Crippen LogP contribution in [-0.4, -0.2) is 96.7 Å². The molecule has 0 aromatic heterocycles. The summed E-state index contributed by atoms with van der Waals surface area (Å²) in [5, 5.41) is 10.4. The average Bonchev–Trinajstić information content (AvgIpc) is 3.38. The van der Waals surface area contributed by atoms with Crippen LogP contribution in [0.5, 0.6) is 0 Å². The Morgan fingerprint density at radius 1 is 0.355 bits per heavy atom. The predicted molar refractivity (Wildman–Crippen MR) is 298 cm³/mol. The molecule has 17 nitrogen and oxygen atoms in total. The molecule has 5 atom stereocenters. The zero-order valence-corrected chi connectivity index (χ0v) is 50.2. The van der Waals surface area contributed by atoms with Crippen LogP contribution in [0.4, 0.5) is 0 Å². The summed E-state index contributed by atoms with van der Waals surface area (Å²) in [5.41, 5.74) is 0. The standard InChI is InChI=1S/C57H110O17P2/c1-6-9-12-15-16-17-18-19-20-21-24-28-33-38-43-57(62)74-53(47-68-55(60)41-36-32-27-25-22-23-26-31-34-39-50(4)5)49-72-76(65,66)70-45-51(58)44-69-75(63,64)71-48-52(73-56(61)42-37-30-14-11-8-3)46-67-54(59)40-35-29-13-10-7-2/h50-53,58H,6-49H2,1-5H3,(H,63,64)(H,65,66)/t51-,52+,53+/m0/s1. The van der Waals surface area contributed by atoms with Crippen molar-refractivity contribution in [3.63, 3.8) is 0 Å². The highest BCUT2D eigenvalue weighted by molar-refractivity contribution is 7.47. The van der Waals surface area contributed by atoms with E-state index in [2.05, 4.69) is 34.6 Å². The van der Waals surface area contributed by atoms with Crippen molar-refractivity contribution in [2.45, 2.75) is 297 Å². The summed E-state index contributed by atoms with van der Waals surface area (Å²) in [6, 6.07) is 0. The first-order valence-corrected chi connectivity index (χ1v) is 33.1. The molecule has 0 heterocycles. The third kappa shape index (κ3) is 51.5. The minimum Gasteiger partial charge on any atom is -0.462 e. The van der Waals surface area contributed by atoms with Crippen LogP contribution in [0.25, 0.3) is 0 Å². The number of carbonyl (C=O) groups is 4. The van der Waals surface area contributed by atoms with E-state index >= 15 is 0 Å². The van der Waals surface area contributed by atoms with Crippen molar-refractivity contribution in [3.05, 3.63) is 0 Å². The predicted octanol–water partition coefficient (Wildman–Crippen LogP) is 15.1. The molecular formula is C57H110O17P2. The molecule has 0 spiro atoms. The molecule has 0 aliphatic rings. The molecule has 0 aliphatic carbocycles. The number of aliphatic hydroxyl groups excluding tert-OH is 1. The Morgan fingerprint density at radius 2 is 0.605 bits per heavy atom. The summed E-state index contributed by atoms with van der Waals surface area (Å²) >= 11 is 0. The minimum absolute atomic E-state index is 0.0987. The Kier molecular flexibility index (Phi) is 49.9. The van der Waals surface area contributed by atoms with Gasteiger partial charge in [0.25, 0.3) is 0 Å². The third-order valence-electron chi connectivity index (χ3n) is 13.0. The highest BCUT2D eigenvalue weighted by Gasteiger charge is 2.30. The molecule has 0 aliphatic heterocycles. The molecule has 0 rings (SSSR count). The minimum atomic E-state index is -4.93. The monoisotopic (exact) mass is 1130 g/mol. The van der Waals surface area contributed by atoms with Gasteiger partial charge < -0.3 is 33.8 Å². The Bertz CT molecular complexity index is 1500. The number of phosphoric acid groups is 2. The van der Waals surface area contributed by atoms with Gasteiger partial charge >= 0.3 is 39.5 Å². The Hall–Kier alpha value is -1.94. The van der Waals surface area contributed by atoms with Gasteiger partial charge in [-0.05, 0) is 31.6 Å². The second-order valence-corrected chi connectivity index (χ2v) is 24.1. The van der Waals surface area contributed by atoms with Crippen LogP contribution in [0, 0.1) is 5.92 Å². The van der Waals surface area contributed by atoms with Gasteiger partial charge in [-0.25, -0.2) is 9.13 Å². The number of ether oxygens (including phenoxy) is 4. The van der Waals surface area contributed by atoms with Gasteiger partial charge in [-0.1, -0.05) is 227 Å². The smallest absolute Gasteiger partial charge is 0.462 e. The molecule has 0 aromatic carbocycles. The van der Waals surface area contributed by atoms with Gasteiger partial charge in [0, 0.05) is 25.7 Å². The van der Waals surface area contributed by atoms with Crippen LogP contribution in [-0.2, 0) is 65.4 Å². The summed E-state index contributed by atoms with van der Waals surface area (Å²) in [4.78, 5) is 71.4. The molecule has 0 amide bonds. The molecule has 76 heavy (non-hydrogen) atoms. The number of esters is 4. The second kappa shape index (κ2) is 51.2. The maximum absolute atomic E-state index is 12.9. The zero-order chi connectivity index (χ0) is 56.4. The van der Waals surface area contributed by atoms with Crippen molar-refractivity contribution in [2.75, 3.05) is 39.6 Å². The number of unbranched alkanes of at least 4 members (excludes halogenated alkanes) is 29. The van der Waals surface area contributed by atoms with E-state index in [4.69, 9.17) is 37.0 Å². The van der Waals surface area contributed by atoms with Gasteiger partial charge in [-0.3, -0.25) is 37.3 Å². The summed E-state index contributed by atoms with van der Waals surface area (Å²) in [6.45, 7) is 6.94. The maximum Gasteiger partial charge on any atom is 0.472 e. The lowest BCUT2D eigenvalue weighted by Gasteiger charge is -2.21. The number of rotatable bonds is 57. The Labute approximate surface area is 460 Å². The number of hydrogen-bond acceptors (Lipinski definition) is 15. The Morgan fingerprint density at radius 3 is 0.895 bits per heavy atom. The van der Waals surface area contributed by atoms with E-state index in [1.165, 1.54) is 96.3 Å². The molecule has 0 aromatic rings. The first kappa shape index (κ1) is 74.1. The normalized spacial score (nSPS) is 14.4.